The standard InChI is InChI=1S/C16H27N3O3.C7H10N2O3.C6H12.C5H6N2.C3H8.C2H6/c1-16(2,3)14(18-13(21)7-17-10-20)15(22)19-8-11-5-4-6-12(11)9-19;10-4-8-3-6(11)7(12)9-5-1-2-5;1-2-4-6-5-3-1;1-5-4-6-2-3-7-5;1-3-2;1-2/h10-12,14H,4-9H2,1-3H3,(H,17,20)(H,18,21);4-5H,1-3H2,(H,8,10)(H,9,12);1-6H2;2-4H,1H3;3H2,1-2H3;1-2H3. The lowest BCUT2D eigenvalue weighted by Gasteiger charge is -2.33. The first-order valence-corrected chi connectivity index (χ1v) is 19.4. The molecule has 52 heavy (non-hydrogen) atoms. The van der Waals surface area contributed by atoms with Gasteiger partial charge in [-0.25, -0.2) is 0 Å². The van der Waals surface area contributed by atoms with Crippen molar-refractivity contribution >= 4 is 36.3 Å². The van der Waals surface area contributed by atoms with Gasteiger partial charge in [0.15, 0.2) is 0 Å². The highest BCUT2D eigenvalue weighted by Crippen LogP contribution is 2.38. The van der Waals surface area contributed by atoms with Crippen LogP contribution in [0, 0.1) is 24.2 Å². The number of ketones is 1. The van der Waals surface area contributed by atoms with E-state index in [1.54, 1.807) is 18.6 Å². The smallest absolute Gasteiger partial charge is 0.289 e. The molecule has 5 rings (SSSR count). The van der Waals surface area contributed by atoms with Crippen LogP contribution in [0.4, 0.5) is 0 Å². The molecule has 1 aromatic rings. The number of aromatic nitrogens is 2. The zero-order chi connectivity index (χ0) is 39.4. The van der Waals surface area contributed by atoms with Gasteiger partial charge in [0.2, 0.25) is 30.4 Å². The number of amides is 5. The summed E-state index contributed by atoms with van der Waals surface area (Å²) in [5.74, 6) is -0.268. The lowest BCUT2D eigenvalue weighted by atomic mass is 9.85. The average molecular weight is 732 g/mol. The van der Waals surface area contributed by atoms with E-state index in [4.69, 9.17) is 0 Å². The molecule has 0 aromatic carbocycles. The van der Waals surface area contributed by atoms with Gasteiger partial charge in [-0.1, -0.05) is 99.8 Å². The van der Waals surface area contributed by atoms with Gasteiger partial charge in [-0.3, -0.25) is 38.7 Å². The first-order chi connectivity index (χ1) is 24.9. The maximum Gasteiger partial charge on any atom is 0.289 e. The number of aryl methyl sites for hydroxylation is 1. The third kappa shape index (κ3) is 22.1. The Balaban J connectivity index is 0.000000721. The number of fused-ring (bicyclic) bond motifs is 1. The van der Waals surface area contributed by atoms with E-state index in [2.05, 4.69) is 45.1 Å². The second-order valence-corrected chi connectivity index (χ2v) is 14.4. The molecule has 4 aliphatic rings. The molecule has 4 fully saturated rings. The molecule has 13 nitrogen and oxygen atoms in total. The lowest BCUT2D eigenvalue weighted by molar-refractivity contribution is -0.138. The molecule has 0 spiro atoms. The van der Waals surface area contributed by atoms with Crippen LogP contribution in [-0.4, -0.2) is 89.5 Å². The molecule has 2 heterocycles. The van der Waals surface area contributed by atoms with Crippen molar-refractivity contribution in [3.63, 3.8) is 0 Å². The molecule has 0 bridgehead atoms. The van der Waals surface area contributed by atoms with Crippen LogP contribution in [0.5, 0.6) is 0 Å². The van der Waals surface area contributed by atoms with Gasteiger partial charge in [-0.2, -0.15) is 0 Å². The van der Waals surface area contributed by atoms with E-state index in [1.807, 2.05) is 46.4 Å². The Hall–Kier alpha value is -3.90. The van der Waals surface area contributed by atoms with Gasteiger partial charge >= 0.3 is 0 Å². The molecule has 5 amide bonds. The highest BCUT2D eigenvalue weighted by Gasteiger charge is 2.42. The Kier molecular flexibility index (Phi) is 26.5. The molecule has 3 atom stereocenters. The molecule has 1 aromatic heterocycles. The minimum atomic E-state index is -0.605. The van der Waals surface area contributed by atoms with E-state index in [1.165, 1.54) is 64.2 Å². The third-order valence-corrected chi connectivity index (χ3v) is 8.51. The Morgan fingerprint density at radius 1 is 0.827 bits per heavy atom. The van der Waals surface area contributed by atoms with Crippen LogP contribution in [0.25, 0.3) is 0 Å². The van der Waals surface area contributed by atoms with Crippen molar-refractivity contribution in [2.24, 2.45) is 17.3 Å². The Morgan fingerprint density at radius 3 is 1.71 bits per heavy atom. The van der Waals surface area contributed by atoms with Gasteiger partial charge in [0, 0.05) is 37.7 Å². The van der Waals surface area contributed by atoms with Gasteiger partial charge in [0.05, 0.1) is 18.8 Å². The summed E-state index contributed by atoms with van der Waals surface area (Å²) in [7, 11) is 0. The second kappa shape index (κ2) is 28.7. The Morgan fingerprint density at radius 2 is 1.33 bits per heavy atom. The molecule has 3 aliphatic carbocycles. The zero-order valence-corrected chi connectivity index (χ0v) is 33.3. The number of carbonyl (C=O) groups excluding carboxylic acids is 6. The fourth-order valence-corrected chi connectivity index (χ4v) is 5.74. The number of nitrogens with one attached hydrogen (secondary N) is 4. The zero-order valence-electron chi connectivity index (χ0n) is 33.3. The molecule has 4 N–H and O–H groups in total. The number of hydrogen-bond acceptors (Lipinski definition) is 8. The van der Waals surface area contributed by atoms with Crippen molar-refractivity contribution in [3.8, 4) is 0 Å². The van der Waals surface area contributed by atoms with Crippen molar-refractivity contribution < 1.29 is 28.8 Å². The summed E-state index contributed by atoms with van der Waals surface area (Å²) in [6.45, 7) is 17.3. The molecular formula is C39H69N7O6. The second-order valence-electron chi connectivity index (χ2n) is 14.4. The number of nitrogens with zero attached hydrogens (tertiary/aromatic N) is 3. The van der Waals surface area contributed by atoms with Crippen molar-refractivity contribution in [2.75, 3.05) is 26.2 Å². The molecule has 296 valence electrons. The Bertz CT molecular complexity index is 1130. The monoisotopic (exact) mass is 732 g/mol. The van der Waals surface area contributed by atoms with Gasteiger partial charge < -0.3 is 26.2 Å². The normalized spacial score (nSPS) is 18.7. The summed E-state index contributed by atoms with van der Waals surface area (Å²) in [6, 6.07) is -0.384. The minimum Gasteiger partial charge on any atom is -0.351 e. The van der Waals surface area contributed by atoms with E-state index < -0.39 is 17.7 Å². The number of carbonyl (C=O) groups is 6. The fraction of sp³-hybridized carbons (Fsp3) is 0.744. The number of hydrogen-bond donors (Lipinski definition) is 4. The predicted molar refractivity (Wildman–Crippen MR) is 205 cm³/mol. The summed E-state index contributed by atoms with van der Waals surface area (Å²) in [5, 5.41) is 9.76. The first-order valence-electron chi connectivity index (χ1n) is 19.4. The van der Waals surface area contributed by atoms with E-state index in [0.29, 0.717) is 24.7 Å². The van der Waals surface area contributed by atoms with Crippen LogP contribution in [0.2, 0.25) is 0 Å². The average Bonchev–Trinajstić information content (AvgIpc) is 3.69. The van der Waals surface area contributed by atoms with Crippen molar-refractivity contribution in [3.05, 3.63) is 24.3 Å². The lowest BCUT2D eigenvalue weighted by Crippen LogP contribution is -2.55. The van der Waals surface area contributed by atoms with Gasteiger partial charge in [-0.05, 0) is 49.9 Å². The van der Waals surface area contributed by atoms with E-state index >= 15 is 0 Å². The summed E-state index contributed by atoms with van der Waals surface area (Å²) in [4.78, 5) is 76.1. The van der Waals surface area contributed by atoms with E-state index in [-0.39, 0.29) is 36.4 Å². The molecule has 3 saturated carbocycles. The van der Waals surface area contributed by atoms with Crippen LogP contribution in [-0.2, 0) is 28.8 Å². The topological polar surface area (TPSA) is 180 Å². The quantitative estimate of drug-likeness (QED) is 0.198. The highest BCUT2D eigenvalue weighted by atomic mass is 16.2. The van der Waals surface area contributed by atoms with Gasteiger partial charge in [-0.15, -0.1) is 0 Å². The molecule has 1 aliphatic heterocycles. The summed E-state index contributed by atoms with van der Waals surface area (Å²) in [6.07, 6.45) is 21.8. The maximum absolute atomic E-state index is 12.9. The van der Waals surface area contributed by atoms with Gasteiger partial charge in [0.25, 0.3) is 5.91 Å². The van der Waals surface area contributed by atoms with Crippen molar-refractivity contribution in [2.45, 2.75) is 145 Å². The van der Waals surface area contributed by atoms with E-state index in [0.717, 1.165) is 31.6 Å². The minimum absolute atomic E-state index is 0.00125. The number of Topliss-reactive ketones (excluding diaryl/α,β-unsaturated/α-hetero) is 1. The van der Waals surface area contributed by atoms with Crippen molar-refractivity contribution in [1.29, 1.82) is 0 Å². The van der Waals surface area contributed by atoms with Crippen LogP contribution in [0.15, 0.2) is 18.6 Å². The van der Waals surface area contributed by atoms with Gasteiger partial charge in [0.1, 0.15) is 6.04 Å². The molecular weight excluding hydrogens is 662 g/mol. The Labute approximate surface area is 313 Å². The van der Waals surface area contributed by atoms with Crippen LogP contribution < -0.4 is 21.3 Å². The largest absolute Gasteiger partial charge is 0.351 e. The molecule has 0 radical (unpaired) electrons. The van der Waals surface area contributed by atoms with Crippen molar-refractivity contribution in [1.82, 2.24) is 36.1 Å². The number of rotatable bonds is 10. The fourth-order valence-electron chi connectivity index (χ4n) is 5.74. The predicted octanol–water partition coefficient (Wildman–Crippen LogP) is 4.67. The summed E-state index contributed by atoms with van der Waals surface area (Å²) in [5.41, 5.74) is 0.591. The summed E-state index contributed by atoms with van der Waals surface area (Å²) >= 11 is 0. The van der Waals surface area contributed by atoms with Crippen LogP contribution >= 0.6 is 0 Å². The molecule has 1 saturated heterocycles. The van der Waals surface area contributed by atoms with Crippen LogP contribution in [0.3, 0.4) is 0 Å². The molecule has 3 unspecified atom stereocenters. The SMILES string of the molecule is C1CCCCC1.CC.CC(C)(C)C(NC(=O)CNC=O)C(=O)N1CC2CCCC2C1.CCC.Cc1cnccn1.O=CNCC(=O)C(=O)NC1CC1. The summed E-state index contributed by atoms with van der Waals surface area (Å²) < 4.78 is 0. The molecule has 13 heteroatoms. The first kappa shape index (κ1) is 48.1. The van der Waals surface area contributed by atoms with E-state index in [9.17, 15) is 28.8 Å². The number of likely N-dealkylation sites (tertiary alicyclic amines) is 1. The maximum atomic E-state index is 12.9. The highest BCUT2D eigenvalue weighted by molar-refractivity contribution is 6.37. The van der Waals surface area contributed by atoms with Crippen LogP contribution in [0.1, 0.15) is 131 Å². The third-order valence-electron chi connectivity index (χ3n) is 8.51.